The third-order valence-corrected chi connectivity index (χ3v) is 5.57. The predicted molar refractivity (Wildman–Crippen MR) is 120 cm³/mol. The molecule has 0 fully saturated rings. The van der Waals surface area contributed by atoms with Gasteiger partial charge in [0.1, 0.15) is 5.65 Å². The maximum atomic E-state index is 12.9. The lowest BCUT2D eigenvalue weighted by Crippen LogP contribution is -2.15. The number of hydrogen-bond donors (Lipinski definition) is 2. The Hall–Kier alpha value is -3.31. The van der Waals surface area contributed by atoms with Crippen molar-refractivity contribution in [3.05, 3.63) is 92.6 Å². The van der Waals surface area contributed by atoms with E-state index in [2.05, 4.69) is 28.2 Å². The average molecular weight is 398 g/mol. The average Bonchev–Trinajstić information content (AvgIpc) is 2.74. The quantitative estimate of drug-likeness (QED) is 0.438. The molecule has 5 rings (SSSR count). The van der Waals surface area contributed by atoms with Crippen LogP contribution >= 0.6 is 12.2 Å². The van der Waals surface area contributed by atoms with Crippen LogP contribution in [-0.2, 0) is 6.42 Å². The molecule has 5 heteroatoms. The Morgan fingerprint density at radius 2 is 1.66 bits per heavy atom. The van der Waals surface area contributed by atoms with Gasteiger partial charge in [0.05, 0.1) is 11.1 Å². The molecule has 2 aromatic heterocycles. The molecule has 4 nitrogen and oxygen atoms in total. The van der Waals surface area contributed by atoms with Crippen LogP contribution in [0.25, 0.3) is 33.8 Å². The van der Waals surface area contributed by atoms with Crippen molar-refractivity contribution in [1.82, 2.24) is 15.0 Å². The Bertz CT molecular complexity index is 1350. The van der Waals surface area contributed by atoms with Crippen LogP contribution in [0.15, 0.2) is 65.5 Å². The van der Waals surface area contributed by atoms with Crippen molar-refractivity contribution in [3.63, 3.8) is 0 Å². The van der Waals surface area contributed by atoms with Crippen molar-refractivity contribution in [1.29, 1.82) is 0 Å². The van der Waals surface area contributed by atoms with Crippen LogP contribution in [0.4, 0.5) is 0 Å². The van der Waals surface area contributed by atoms with Crippen molar-refractivity contribution in [3.8, 4) is 11.1 Å². The summed E-state index contributed by atoms with van der Waals surface area (Å²) in [4.78, 5) is 23.6. The molecule has 0 atom stereocenters. The van der Waals surface area contributed by atoms with Crippen LogP contribution in [0.3, 0.4) is 0 Å². The minimum atomic E-state index is -0.197. The summed E-state index contributed by atoms with van der Waals surface area (Å²) in [5.41, 5.74) is 6.75. The fourth-order valence-electron chi connectivity index (χ4n) is 4.14. The standard InChI is InChI=1S/C24H19N3OS/c28-23-20-19(16-10-5-2-6-11-16)18-13-7-12-17(14-15-8-3-1-4-9-15)21(18)25-22(20)26-24(29)27-23/h1-6,8-11,14H,7,12-13H2,(H2,25,26,27,28,29)/b17-14+. The van der Waals surface area contributed by atoms with Crippen LogP contribution in [0.1, 0.15) is 29.7 Å². The lowest BCUT2D eigenvalue weighted by molar-refractivity contribution is 0.815. The Kier molecular flexibility index (Phi) is 4.45. The van der Waals surface area contributed by atoms with E-state index in [9.17, 15) is 4.79 Å². The largest absolute Gasteiger partial charge is 0.316 e. The van der Waals surface area contributed by atoms with Crippen molar-refractivity contribution in [2.45, 2.75) is 19.3 Å². The van der Waals surface area contributed by atoms with Crippen molar-refractivity contribution in [2.75, 3.05) is 0 Å². The van der Waals surface area contributed by atoms with Gasteiger partial charge >= 0.3 is 0 Å². The van der Waals surface area contributed by atoms with Gasteiger partial charge in [-0.25, -0.2) is 4.98 Å². The molecule has 0 radical (unpaired) electrons. The summed E-state index contributed by atoms with van der Waals surface area (Å²) in [5, 5.41) is 0.574. The van der Waals surface area contributed by atoms with E-state index in [1.54, 1.807) is 0 Å². The second-order valence-corrected chi connectivity index (χ2v) is 7.65. The zero-order valence-electron chi connectivity index (χ0n) is 15.7. The Labute approximate surface area is 173 Å². The smallest absolute Gasteiger partial charge is 0.261 e. The maximum absolute atomic E-state index is 12.9. The van der Waals surface area contributed by atoms with E-state index in [1.165, 1.54) is 5.57 Å². The number of nitrogens with one attached hydrogen (secondary N) is 2. The predicted octanol–water partition coefficient (Wildman–Crippen LogP) is 5.52. The summed E-state index contributed by atoms with van der Waals surface area (Å²) in [6.07, 6.45) is 5.08. The molecule has 2 aromatic carbocycles. The van der Waals surface area contributed by atoms with E-state index in [4.69, 9.17) is 17.2 Å². The Balaban J connectivity index is 1.87. The molecule has 29 heavy (non-hydrogen) atoms. The lowest BCUT2D eigenvalue weighted by atomic mass is 9.84. The van der Waals surface area contributed by atoms with E-state index in [0.29, 0.717) is 15.8 Å². The van der Waals surface area contributed by atoms with Crippen molar-refractivity contribution in [2.24, 2.45) is 0 Å². The van der Waals surface area contributed by atoms with Gasteiger partial charge in [-0.2, -0.15) is 0 Å². The molecular formula is C24H19N3OS. The zero-order valence-corrected chi connectivity index (χ0v) is 16.6. The second-order valence-electron chi connectivity index (χ2n) is 7.25. The van der Waals surface area contributed by atoms with Gasteiger partial charge in [-0.3, -0.25) is 9.78 Å². The number of pyridine rings is 1. The highest BCUT2D eigenvalue weighted by Crippen LogP contribution is 2.39. The highest BCUT2D eigenvalue weighted by molar-refractivity contribution is 7.71. The van der Waals surface area contributed by atoms with Crippen molar-refractivity contribution < 1.29 is 0 Å². The highest BCUT2D eigenvalue weighted by atomic mass is 32.1. The third-order valence-electron chi connectivity index (χ3n) is 5.36. The number of aromatic nitrogens is 3. The van der Waals surface area contributed by atoms with Gasteiger partial charge in [-0.15, -0.1) is 0 Å². The molecule has 4 aromatic rings. The minimum Gasteiger partial charge on any atom is -0.316 e. The lowest BCUT2D eigenvalue weighted by Gasteiger charge is -2.23. The normalized spacial score (nSPS) is 14.8. The molecule has 142 valence electrons. The fourth-order valence-corrected chi connectivity index (χ4v) is 4.33. The summed E-state index contributed by atoms with van der Waals surface area (Å²) in [6.45, 7) is 0. The summed E-state index contributed by atoms with van der Waals surface area (Å²) >= 11 is 5.21. The second kappa shape index (κ2) is 7.26. The number of nitrogens with zero attached hydrogens (tertiary/aromatic N) is 1. The SMILES string of the molecule is O=c1[nH]c(=S)[nH]c2nc3c(c(-c4ccccc4)c12)CCC/C3=C\c1ccccc1. The van der Waals surface area contributed by atoms with E-state index in [-0.39, 0.29) is 5.56 Å². The summed E-state index contributed by atoms with van der Waals surface area (Å²) in [5.74, 6) is 0. The maximum Gasteiger partial charge on any atom is 0.261 e. The molecule has 2 N–H and O–H groups in total. The highest BCUT2D eigenvalue weighted by Gasteiger charge is 2.24. The first-order valence-corrected chi connectivity index (χ1v) is 10.1. The van der Waals surface area contributed by atoms with Gasteiger partial charge in [0.25, 0.3) is 5.56 Å². The first-order valence-electron chi connectivity index (χ1n) is 9.71. The van der Waals surface area contributed by atoms with Crippen LogP contribution < -0.4 is 5.56 Å². The van der Waals surface area contributed by atoms with Crippen LogP contribution in [0.2, 0.25) is 0 Å². The monoisotopic (exact) mass is 397 g/mol. The summed E-state index contributed by atoms with van der Waals surface area (Å²) in [7, 11) is 0. The zero-order chi connectivity index (χ0) is 19.8. The topological polar surface area (TPSA) is 61.5 Å². The van der Waals surface area contributed by atoms with Crippen molar-refractivity contribution >= 4 is 34.9 Å². The third kappa shape index (κ3) is 3.23. The Morgan fingerprint density at radius 1 is 0.931 bits per heavy atom. The van der Waals surface area contributed by atoms with Gasteiger partial charge in [-0.05, 0) is 59.8 Å². The molecule has 2 heterocycles. The first-order chi connectivity index (χ1) is 14.2. The molecule has 0 saturated carbocycles. The first kappa shape index (κ1) is 17.8. The molecule has 0 amide bonds. The molecule has 0 spiro atoms. The molecule has 1 aliphatic rings. The van der Waals surface area contributed by atoms with Crippen LogP contribution in [-0.4, -0.2) is 15.0 Å². The summed E-state index contributed by atoms with van der Waals surface area (Å²) in [6, 6.07) is 20.4. The molecule has 0 unspecified atom stereocenters. The van der Waals surface area contributed by atoms with Crippen LogP contribution in [0, 0.1) is 4.77 Å². The van der Waals surface area contributed by atoms with Gasteiger partial charge < -0.3 is 4.98 Å². The van der Waals surface area contributed by atoms with Gasteiger partial charge in [-0.1, -0.05) is 60.7 Å². The van der Waals surface area contributed by atoms with Gasteiger partial charge in [0, 0.05) is 5.56 Å². The number of H-pyrrole nitrogens is 2. The number of benzene rings is 2. The molecule has 0 saturated heterocycles. The molecule has 0 bridgehead atoms. The summed E-state index contributed by atoms with van der Waals surface area (Å²) < 4.78 is 0.290. The minimum absolute atomic E-state index is 0.197. The van der Waals surface area contributed by atoms with Gasteiger partial charge in [0.2, 0.25) is 0 Å². The number of hydrogen-bond acceptors (Lipinski definition) is 3. The fraction of sp³-hybridized carbons (Fsp3) is 0.125. The number of aromatic amines is 2. The van der Waals surface area contributed by atoms with E-state index >= 15 is 0 Å². The van der Waals surface area contributed by atoms with Gasteiger partial charge in [0.15, 0.2) is 4.77 Å². The Morgan fingerprint density at radius 3 is 2.41 bits per heavy atom. The van der Waals surface area contributed by atoms with Crippen LogP contribution in [0.5, 0.6) is 0 Å². The van der Waals surface area contributed by atoms with E-state index in [1.807, 2.05) is 48.5 Å². The number of allylic oxidation sites excluding steroid dienone is 1. The number of fused-ring (bicyclic) bond motifs is 2. The molecule has 1 aliphatic carbocycles. The number of rotatable bonds is 2. The van der Waals surface area contributed by atoms with E-state index in [0.717, 1.165) is 47.2 Å². The molecular weight excluding hydrogens is 378 g/mol. The molecule has 0 aliphatic heterocycles. The van der Waals surface area contributed by atoms with E-state index < -0.39 is 0 Å².